The fourth-order valence-electron chi connectivity index (χ4n) is 2.63. The Morgan fingerprint density at radius 1 is 1.07 bits per heavy atom. The zero-order chi connectivity index (χ0) is 19.2. The largest absolute Gasteiger partial charge is 0.486 e. The second-order valence-corrected chi connectivity index (χ2v) is 6.19. The van der Waals surface area contributed by atoms with Gasteiger partial charge in [0.05, 0.1) is 6.42 Å². The van der Waals surface area contributed by atoms with Gasteiger partial charge in [0.25, 0.3) is 5.91 Å². The number of rotatable bonds is 5. The molecule has 0 fully saturated rings. The lowest BCUT2D eigenvalue weighted by Gasteiger charge is -2.19. The van der Waals surface area contributed by atoms with Crippen LogP contribution in [0.1, 0.15) is 29.3 Å². The van der Waals surface area contributed by atoms with Gasteiger partial charge in [-0.15, -0.1) is 0 Å². The second-order valence-electron chi connectivity index (χ2n) is 6.19. The number of anilines is 1. The zero-order valence-electron chi connectivity index (χ0n) is 15.2. The quantitative estimate of drug-likeness (QED) is 0.628. The molecule has 2 amide bonds. The molecule has 0 spiro atoms. The topological polar surface area (TPSA) is 89.0 Å². The minimum Gasteiger partial charge on any atom is -0.486 e. The summed E-state index contributed by atoms with van der Waals surface area (Å²) in [4.78, 5) is 24.3. The Labute approximate surface area is 157 Å². The highest BCUT2D eigenvalue weighted by Crippen LogP contribution is 2.32. The smallest absolute Gasteiger partial charge is 0.271 e. The van der Waals surface area contributed by atoms with Crippen molar-refractivity contribution in [3.63, 3.8) is 0 Å². The number of amides is 2. The standard InChI is InChI=1S/C20H21N3O4/c1-13-5-3-4-6-16(13)20(25)23-22-14(2)11-19(24)21-15-7-8-17-18(12-15)27-10-9-26-17/h3-8,12H,9-11H2,1-2H3,(H,21,24)(H,23,25). The van der Waals surface area contributed by atoms with Crippen LogP contribution in [-0.2, 0) is 4.79 Å². The summed E-state index contributed by atoms with van der Waals surface area (Å²) >= 11 is 0. The first kappa shape index (κ1) is 18.4. The Morgan fingerprint density at radius 3 is 2.59 bits per heavy atom. The van der Waals surface area contributed by atoms with Gasteiger partial charge in [-0.2, -0.15) is 5.10 Å². The average Bonchev–Trinajstić information content (AvgIpc) is 2.66. The monoisotopic (exact) mass is 367 g/mol. The van der Waals surface area contributed by atoms with Crippen LogP contribution in [0.4, 0.5) is 5.69 Å². The Morgan fingerprint density at radius 2 is 1.81 bits per heavy atom. The van der Waals surface area contributed by atoms with Crippen LogP contribution in [0.3, 0.4) is 0 Å². The summed E-state index contributed by atoms with van der Waals surface area (Å²) in [6.07, 6.45) is 0.0580. The molecule has 27 heavy (non-hydrogen) atoms. The second kappa shape index (κ2) is 8.35. The summed E-state index contributed by atoms with van der Waals surface area (Å²) in [7, 11) is 0. The number of hydrogen-bond acceptors (Lipinski definition) is 5. The number of nitrogens with zero attached hydrogens (tertiary/aromatic N) is 1. The lowest BCUT2D eigenvalue weighted by atomic mass is 10.1. The third-order valence-corrected chi connectivity index (χ3v) is 3.98. The van der Waals surface area contributed by atoms with Gasteiger partial charge in [-0.25, -0.2) is 5.43 Å². The van der Waals surface area contributed by atoms with Gasteiger partial charge in [0, 0.05) is 23.0 Å². The van der Waals surface area contributed by atoms with Crippen LogP contribution in [0.2, 0.25) is 0 Å². The molecule has 0 unspecified atom stereocenters. The van der Waals surface area contributed by atoms with Crippen molar-refractivity contribution in [1.29, 1.82) is 0 Å². The van der Waals surface area contributed by atoms with E-state index in [-0.39, 0.29) is 18.2 Å². The van der Waals surface area contributed by atoms with E-state index in [1.165, 1.54) is 0 Å². The van der Waals surface area contributed by atoms with Gasteiger partial charge in [-0.1, -0.05) is 18.2 Å². The molecule has 0 saturated carbocycles. The molecule has 3 rings (SSSR count). The SMILES string of the molecule is CC(CC(=O)Nc1ccc2c(c1)OCCO2)=NNC(=O)c1ccccc1C. The molecule has 0 aliphatic carbocycles. The summed E-state index contributed by atoms with van der Waals surface area (Å²) in [5.74, 6) is 0.726. The van der Waals surface area contributed by atoms with Crippen molar-refractivity contribution in [2.45, 2.75) is 20.3 Å². The summed E-state index contributed by atoms with van der Waals surface area (Å²) in [6, 6.07) is 12.5. The van der Waals surface area contributed by atoms with Gasteiger partial charge < -0.3 is 14.8 Å². The Hall–Kier alpha value is -3.35. The van der Waals surface area contributed by atoms with E-state index in [0.29, 0.717) is 41.7 Å². The number of benzene rings is 2. The maximum absolute atomic E-state index is 12.2. The van der Waals surface area contributed by atoms with Crippen molar-refractivity contribution in [2.24, 2.45) is 5.10 Å². The van der Waals surface area contributed by atoms with E-state index in [2.05, 4.69) is 15.8 Å². The molecule has 140 valence electrons. The minimum atomic E-state index is -0.306. The van der Waals surface area contributed by atoms with Gasteiger partial charge in [-0.05, 0) is 37.6 Å². The summed E-state index contributed by atoms with van der Waals surface area (Å²) in [5, 5.41) is 6.79. The van der Waals surface area contributed by atoms with Gasteiger partial charge >= 0.3 is 0 Å². The van der Waals surface area contributed by atoms with E-state index in [9.17, 15) is 9.59 Å². The number of nitrogens with one attached hydrogen (secondary N) is 2. The molecular formula is C20H21N3O4. The first-order chi connectivity index (χ1) is 13.0. The van der Waals surface area contributed by atoms with E-state index in [1.807, 2.05) is 19.1 Å². The van der Waals surface area contributed by atoms with Crippen LogP contribution in [-0.4, -0.2) is 30.7 Å². The summed E-state index contributed by atoms with van der Waals surface area (Å²) in [5.41, 5.74) is 5.00. The highest BCUT2D eigenvalue weighted by Gasteiger charge is 2.13. The van der Waals surface area contributed by atoms with Crippen LogP contribution in [0.15, 0.2) is 47.6 Å². The molecule has 0 bridgehead atoms. The predicted molar refractivity (Wildman–Crippen MR) is 102 cm³/mol. The lowest BCUT2D eigenvalue weighted by Crippen LogP contribution is -2.22. The predicted octanol–water partition coefficient (Wildman–Crippen LogP) is 2.90. The fraction of sp³-hybridized carbons (Fsp3) is 0.250. The molecule has 0 atom stereocenters. The van der Waals surface area contributed by atoms with Gasteiger partial charge in [0.1, 0.15) is 13.2 Å². The highest BCUT2D eigenvalue weighted by atomic mass is 16.6. The van der Waals surface area contributed by atoms with Crippen LogP contribution in [0.5, 0.6) is 11.5 Å². The van der Waals surface area contributed by atoms with Crippen molar-refractivity contribution in [3.8, 4) is 11.5 Å². The van der Waals surface area contributed by atoms with Crippen LogP contribution < -0.4 is 20.2 Å². The van der Waals surface area contributed by atoms with E-state index in [4.69, 9.17) is 9.47 Å². The van der Waals surface area contributed by atoms with Crippen molar-refractivity contribution in [2.75, 3.05) is 18.5 Å². The van der Waals surface area contributed by atoms with E-state index >= 15 is 0 Å². The molecule has 2 aromatic rings. The third kappa shape index (κ3) is 4.84. The van der Waals surface area contributed by atoms with Crippen molar-refractivity contribution in [3.05, 3.63) is 53.6 Å². The van der Waals surface area contributed by atoms with Crippen LogP contribution in [0, 0.1) is 6.92 Å². The number of hydrazone groups is 1. The van der Waals surface area contributed by atoms with E-state index < -0.39 is 0 Å². The van der Waals surface area contributed by atoms with Crippen molar-refractivity contribution < 1.29 is 19.1 Å². The first-order valence-electron chi connectivity index (χ1n) is 8.61. The molecule has 0 saturated heterocycles. The Kier molecular flexibility index (Phi) is 5.71. The maximum atomic E-state index is 12.2. The van der Waals surface area contributed by atoms with Crippen molar-refractivity contribution >= 4 is 23.2 Å². The number of carbonyl (C=O) groups excluding carboxylic acids is 2. The molecule has 2 aromatic carbocycles. The Balaban J connectivity index is 1.55. The number of fused-ring (bicyclic) bond motifs is 1. The zero-order valence-corrected chi connectivity index (χ0v) is 15.2. The minimum absolute atomic E-state index is 0.0580. The van der Waals surface area contributed by atoms with Gasteiger partial charge in [0.15, 0.2) is 11.5 Å². The summed E-state index contributed by atoms with van der Waals surface area (Å²) < 4.78 is 10.9. The molecule has 0 aromatic heterocycles. The number of carbonyl (C=O) groups is 2. The molecule has 7 heteroatoms. The molecular weight excluding hydrogens is 346 g/mol. The molecule has 7 nitrogen and oxygen atoms in total. The molecule has 1 heterocycles. The molecule has 2 N–H and O–H groups in total. The van der Waals surface area contributed by atoms with Crippen LogP contribution in [0.25, 0.3) is 0 Å². The molecule has 1 aliphatic heterocycles. The van der Waals surface area contributed by atoms with Gasteiger partial charge in [0.2, 0.25) is 5.91 Å². The normalized spacial score (nSPS) is 13.0. The first-order valence-corrected chi connectivity index (χ1v) is 8.61. The molecule has 0 radical (unpaired) electrons. The number of ether oxygens (including phenoxy) is 2. The van der Waals surface area contributed by atoms with Gasteiger partial charge in [-0.3, -0.25) is 9.59 Å². The highest BCUT2D eigenvalue weighted by molar-refractivity contribution is 6.06. The number of hydrogen-bond donors (Lipinski definition) is 2. The van der Waals surface area contributed by atoms with E-state index in [1.54, 1.807) is 37.3 Å². The number of aryl methyl sites for hydroxylation is 1. The van der Waals surface area contributed by atoms with E-state index in [0.717, 1.165) is 5.56 Å². The van der Waals surface area contributed by atoms with Crippen LogP contribution >= 0.6 is 0 Å². The molecule has 1 aliphatic rings. The lowest BCUT2D eigenvalue weighted by molar-refractivity contribution is -0.115. The summed E-state index contributed by atoms with van der Waals surface area (Å²) in [6.45, 7) is 4.53. The Bertz CT molecular complexity index is 893. The van der Waals surface area contributed by atoms with Crippen molar-refractivity contribution in [1.82, 2.24) is 5.43 Å². The maximum Gasteiger partial charge on any atom is 0.271 e. The third-order valence-electron chi connectivity index (χ3n) is 3.98. The fourth-order valence-corrected chi connectivity index (χ4v) is 2.63. The average molecular weight is 367 g/mol.